The Bertz CT molecular complexity index is 646. The number of sulfonamides is 1. The largest absolute Gasteiger partial charge is 0.366 e. The van der Waals surface area contributed by atoms with E-state index in [1.807, 2.05) is 4.90 Å². The smallest absolute Gasteiger partial charge is 0.244 e. The Balaban J connectivity index is 2.17. The van der Waals surface area contributed by atoms with Crippen LogP contribution in [-0.2, 0) is 10.0 Å². The lowest BCUT2D eigenvalue weighted by Gasteiger charge is -2.35. The van der Waals surface area contributed by atoms with Gasteiger partial charge in [-0.1, -0.05) is 27.5 Å². The molecule has 1 fully saturated rings. The molecule has 0 atom stereocenters. The van der Waals surface area contributed by atoms with Crippen molar-refractivity contribution in [2.24, 2.45) is 0 Å². The predicted molar refractivity (Wildman–Crippen MR) is 91.1 cm³/mol. The molecule has 0 bridgehead atoms. The molecule has 0 spiro atoms. The number of hydrogen-bond acceptors (Lipinski definition) is 3. The number of nitrogens with one attached hydrogen (secondary N) is 1. The summed E-state index contributed by atoms with van der Waals surface area (Å²) in [5.74, 6) is 0. The third-order valence-electron chi connectivity index (χ3n) is 3.25. The van der Waals surface area contributed by atoms with Gasteiger partial charge in [0.1, 0.15) is 4.90 Å². The van der Waals surface area contributed by atoms with E-state index in [4.69, 9.17) is 23.8 Å². The molecule has 1 saturated heterocycles. The van der Waals surface area contributed by atoms with E-state index in [0.29, 0.717) is 31.3 Å². The summed E-state index contributed by atoms with van der Waals surface area (Å²) in [6.07, 6.45) is 0. The normalized spacial score (nSPS) is 16.8. The van der Waals surface area contributed by atoms with E-state index in [0.717, 1.165) is 4.47 Å². The van der Waals surface area contributed by atoms with Crippen LogP contribution in [0.2, 0.25) is 5.02 Å². The van der Waals surface area contributed by atoms with Crippen molar-refractivity contribution in [2.45, 2.75) is 4.90 Å². The van der Waals surface area contributed by atoms with Crippen LogP contribution < -0.4 is 5.32 Å². The van der Waals surface area contributed by atoms with Gasteiger partial charge in [-0.3, -0.25) is 0 Å². The summed E-state index contributed by atoms with van der Waals surface area (Å²) in [5, 5.41) is 3.75. The van der Waals surface area contributed by atoms with Gasteiger partial charge in [-0.05, 0) is 30.4 Å². The van der Waals surface area contributed by atoms with Gasteiger partial charge in [0.05, 0.1) is 5.02 Å². The third-order valence-corrected chi connectivity index (χ3v) is 6.59. The quantitative estimate of drug-likeness (QED) is 0.752. The van der Waals surface area contributed by atoms with Gasteiger partial charge in [0, 0.05) is 37.7 Å². The van der Waals surface area contributed by atoms with Crippen molar-refractivity contribution < 1.29 is 8.42 Å². The first kappa shape index (κ1) is 17.0. The maximum Gasteiger partial charge on any atom is 0.244 e. The highest BCUT2D eigenvalue weighted by molar-refractivity contribution is 9.10. The van der Waals surface area contributed by atoms with Crippen molar-refractivity contribution in [1.82, 2.24) is 14.5 Å². The van der Waals surface area contributed by atoms with Crippen LogP contribution in [0.5, 0.6) is 0 Å². The molecule has 5 nitrogen and oxygen atoms in total. The summed E-state index contributed by atoms with van der Waals surface area (Å²) in [7, 11) is -1.82. The summed E-state index contributed by atoms with van der Waals surface area (Å²) >= 11 is 14.5. The molecule has 0 aromatic heterocycles. The standard InChI is InChI=1S/C12H15BrClN3O2S2/c1-15-12(20)16-4-6-17(7-5-16)21(18,19)11-3-2-9(13)8-10(11)14/h2-3,8H,4-7H2,1H3,(H,15,20). The molecule has 1 aromatic rings. The predicted octanol–water partition coefficient (Wildman–Crippen LogP) is 1.91. The molecule has 116 valence electrons. The highest BCUT2D eigenvalue weighted by atomic mass is 79.9. The molecular weight excluding hydrogens is 398 g/mol. The topological polar surface area (TPSA) is 52.6 Å². The zero-order valence-electron chi connectivity index (χ0n) is 11.3. The molecule has 0 radical (unpaired) electrons. The second-order valence-electron chi connectivity index (χ2n) is 4.52. The molecule has 0 aliphatic carbocycles. The number of thiocarbonyl (C=S) groups is 1. The van der Waals surface area contributed by atoms with Crippen LogP contribution in [0, 0.1) is 0 Å². The van der Waals surface area contributed by atoms with Crippen molar-refractivity contribution in [3.8, 4) is 0 Å². The second-order valence-corrected chi connectivity index (χ2v) is 8.14. The minimum atomic E-state index is -3.58. The van der Waals surface area contributed by atoms with Crippen molar-refractivity contribution in [1.29, 1.82) is 0 Å². The fourth-order valence-electron chi connectivity index (χ4n) is 2.11. The van der Waals surface area contributed by atoms with Gasteiger partial charge in [-0.15, -0.1) is 0 Å². The van der Waals surface area contributed by atoms with E-state index in [2.05, 4.69) is 21.2 Å². The van der Waals surface area contributed by atoms with E-state index in [1.165, 1.54) is 10.4 Å². The molecule has 0 unspecified atom stereocenters. The molecule has 9 heteroatoms. The number of rotatable bonds is 2. The van der Waals surface area contributed by atoms with Gasteiger partial charge in [-0.25, -0.2) is 8.42 Å². The van der Waals surface area contributed by atoms with Crippen molar-refractivity contribution >= 4 is 54.9 Å². The summed E-state index contributed by atoms with van der Waals surface area (Å²) in [6, 6.07) is 4.78. The SMILES string of the molecule is CNC(=S)N1CCN(S(=O)(=O)c2ccc(Br)cc2Cl)CC1. The fraction of sp³-hybridized carbons (Fsp3) is 0.417. The van der Waals surface area contributed by atoms with E-state index < -0.39 is 10.0 Å². The molecular formula is C12H15BrClN3O2S2. The zero-order valence-corrected chi connectivity index (χ0v) is 15.3. The average Bonchev–Trinajstić information content (AvgIpc) is 2.46. The van der Waals surface area contributed by atoms with E-state index >= 15 is 0 Å². The van der Waals surface area contributed by atoms with Crippen molar-refractivity contribution in [2.75, 3.05) is 33.2 Å². The van der Waals surface area contributed by atoms with Gasteiger partial charge in [-0.2, -0.15) is 4.31 Å². The number of halogens is 2. The van der Waals surface area contributed by atoms with Crippen LogP contribution in [0.4, 0.5) is 0 Å². The number of nitrogens with zero attached hydrogens (tertiary/aromatic N) is 2. The van der Waals surface area contributed by atoms with Crippen LogP contribution in [-0.4, -0.2) is 56.0 Å². The summed E-state index contributed by atoms with van der Waals surface area (Å²) < 4.78 is 27.4. The molecule has 0 amide bonds. The molecule has 0 saturated carbocycles. The summed E-state index contributed by atoms with van der Waals surface area (Å²) in [5.41, 5.74) is 0. The Morgan fingerprint density at radius 3 is 2.48 bits per heavy atom. The number of hydrogen-bond donors (Lipinski definition) is 1. The average molecular weight is 413 g/mol. The van der Waals surface area contributed by atoms with Gasteiger partial charge >= 0.3 is 0 Å². The first-order valence-electron chi connectivity index (χ1n) is 6.28. The van der Waals surface area contributed by atoms with Crippen LogP contribution >= 0.6 is 39.7 Å². The van der Waals surface area contributed by atoms with Gasteiger partial charge < -0.3 is 10.2 Å². The Morgan fingerprint density at radius 2 is 1.95 bits per heavy atom. The lowest BCUT2D eigenvalue weighted by atomic mass is 10.4. The zero-order chi connectivity index (χ0) is 15.6. The van der Waals surface area contributed by atoms with E-state index in [-0.39, 0.29) is 9.92 Å². The first-order chi connectivity index (χ1) is 9.86. The second kappa shape index (κ2) is 6.78. The Hall–Kier alpha value is -0.410. The van der Waals surface area contributed by atoms with Crippen LogP contribution in [0.3, 0.4) is 0 Å². The summed E-state index contributed by atoms with van der Waals surface area (Å²) in [4.78, 5) is 2.09. The maximum absolute atomic E-state index is 12.6. The molecule has 1 aliphatic heterocycles. The fourth-order valence-corrected chi connectivity index (χ4v) is 4.73. The van der Waals surface area contributed by atoms with Crippen LogP contribution in [0.15, 0.2) is 27.6 Å². The first-order valence-corrected chi connectivity index (χ1v) is 9.30. The highest BCUT2D eigenvalue weighted by Gasteiger charge is 2.30. The molecule has 2 rings (SSSR count). The minimum absolute atomic E-state index is 0.136. The van der Waals surface area contributed by atoms with E-state index in [9.17, 15) is 8.42 Å². The maximum atomic E-state index is 12.6. The van der Waals surface area contributed by atoms with Gasteiger partial charge in [0.2, 0.25) is 10.0 Å². The Morgan fingerprint density at radius 1 is 1.33 bits per heavy atom. The number of benzene rings is 1. The Kier molecular flexibility index (Phi) is 5.48. The monoisotopic (exact) mass is 411 g/mol. The van der Waals surface area contributed by atoms with E-state index in [1.54, 1.807) is 19.2 Å². The molecule has 1 heterocycles. The molecule has 1 N–H and O–H groups in total. The van der Waals surface area contributed by atoms with Crippen LogP contribution in [0.1, 0.15) is 0 Å². The van der Waals surface area contributed by atoms with Gasteiger partial charge in [0.15, 0.2) is 5.11 Å². The molecule has 21 heavy (non-hydrogen) atoms. The Labute approximate surface area is 143 Å². The third kappa shape index (κ3) is 3.68. The van der Waals surface area contributed by atoms with Crippen LogP contribution in [0.25, 0.3) is 0 Å². The van der Waals surface area contributed by atoms with Gasteiger partial charge in [0.25, 0.3) is 0 Å². The number of piperazine rings is 1. The van der Waals surface area contributed by atoms with Crippen molar-refractivity contribution in [3.05, 3.63) is 27.7 Å². The molecule has 1 aliphatic rings. The highest BCUT2D eigenvalue weighted by Crippen LogP contribution is 2.28. The lowest BCUT2D eigenvalue weighted by Crippen LogP contribution is -2.52. The minimum Gasteiger partial charge on any atom is -0.366 e. The lowest BCUT2D eigenvalue weighted by molar-refractivity contribution is 0.265. The van der Waals surface area contributed by atoms with Crippen molar-refractivity contribution in [3.63, 3.8) is 0 Å². The summed E-state index contributed by atoms with van der Waals surface area (Å²) in [6.45, 7) is 1.90. The molecule has 1 aromatic carbocycles.